The van der Waals surface area contributed by atoms with Crippen molar-refractivity contribution in [1.82, 2.24) is 0 Å². The number of aromatic hydroxyl groups is 3. The molecule has 2 unspecified atom stereocenters. The molecular formula is C17H16O8. The Balaban J connectivity index is 2.14. The fourth-order valence-corrected chi connectivity index (χ4v) is 2.77. The van der Waals surface area contributed by atoms with E-state index < -0.39 is 29.5 Å². The molecule has 0 aliphatic carbocycles. The summed E-state index contributed by atoms with van der Waals surface area (Å²) in [5.41, 5.74) is -0.00173. The molecule has 0 radical (unpaired) electrons. The molecule has 0 aromatic heterocycles. The lowest BCUT2D eigenvalue weighted by atomic mass is 9.92. The van der Waals surface area contributed by atoms with E-state index >= 15 is 0 Å². The number of fused-ring (bicyclic) bond motifs is 1. The molecule has 2 atom stereocenters. The number of rotatable bonds is 3. The van der Waals surface area contributed by atoms with E-state index in [-0.39, 0.29) is 34.1 Å². The SMILES string of the molecule is COc1cc(O)c2c(c1)OC(c1ccc(O)c(O)c1OC)C(O)C2=O. The molecule has 0 saturated heterocycles. The van der Waals surface area contributed by atoms with Crippen LogP contribution < -0.4 is 14.2 Å². The first-order chi connectivity index (χ1) is 11.9. The number of ketones is 1. The average Bonchev–Trinajstić information content (AvgIpc) is 2.59. The van der Waals surface area contributed by atoms with Crippen LogP contribution in [0.3, 0.4) is 0 Å². The van der Waals surface area contributed by atoms with Crippen LogP contribution in [0.1, 0.15) is 22.0 Å². The number of Topliss-reactive ketones (excluding diaryl/α,β-unsaturated/α-hetero) is 1. The van der Waals surface area contributed by atoms with E-state index in [1.54, 1.807) is 0 Å². The maximum atomic E-state index is 12.5. The van der Waals surface area contributed by atoms with Gasteiger partial charge < -0.3 is 34.6 Å². The van der Waals surface area contributed by atoms with Gasteiger partial charge in [-0.25, -0.2) is 0 Å². The highest BCUT2D eigenvalue weighted by molar-refractivity contribution is 6.05. The number of benzene rings is 2. The average molecular weight is 348 g/mol. The van der Waals surface area contributed by atoms with E-state index in [1.165, 1.54) is 38.5 Å². The fraction of sp³-hybridized carbons (Fsp3) is 0.235. The van der Waals surface area contributed by atoms with Crippen molar-refractivity contribution in [2.75, 3.05) is 14.2 Å². The summed E-state index contributed by atoms with van der Waals surface area (Å²) in [5, 5.41) is 39.9. The zero-order valence-electron chi connectivity index (χ0n) is 13.4. The molecule has 2 aromatic rings. The van der Waals surface area contributed by atoms with Gasteiger partial charge in [-0.2, -0.15) is 0 Å². The Morgan fingerprint density at radius 2 is 1.76 bits per heavy atom. The fourth-order valence-electron chi connectivity index (χ4n) is 2.77. The van der Waals surface area contributed by atoms with Gasteiger partial charge in [-0.05, 0) is 12.1 Å². The van der Waals surface area contributed by atoms with Crippen molar-refractivity contribution in [2.45, 2.75) is 12.2 Å². The van der Waals surface area contributed by atoms with Gasteiger partial charge in [0.05, 0.1) is 14.2 Å². The van der Waals surface area contributed by atoms with Crippen molar-refractivity contribution in [2.24, 2.45) is 0 Å². The summed E-state index contributed by atoms with van der Waals surface area (Å²) >= 11 is 0. The molecule has 1 aliphatic heterocycles. The number of phenols is 3. The minimum absolute atomic E-state index is 0.0202. The lowest BCUT2D eigenvalue weighted by Crippen LogP contribution is -2.36. The van der Waals surface area contributed by atoms with Crippen LogP contribution in [-0.2, 0) is 0 Å². The van der Waals surface area contributed by atoms with E-state index in [2.05, 4.69) is 0 Å². The van der Waals surface area contributed by atoms with Gasteiger partial charge in [-0.15, -0.1) is 0 Å². The molecule has 0 spiro atoms. The summed E-state index contributed by atoms with van der Waals surface area (Å²) in [6.07, 6.45) is -2.86. The van der Waals surface area contributed by atoms with Crippen molar-refractivity contribution < 1.29 is 39.4 Å². The highest BCUT2D eigenvalue weighted by Gasteiger charge is 2.41. The Bertz CT molecular complexity index is 845. The summed E-state index contributed by atoms with van der Waals surface area (Å²) < 4.78 is 15.8. The van der Waals surface area contributed by atoms with Gasteiger partial charge in [0.1, 0.15) is 22.8 Å². The Hall–Kier alpha value is -3.13. The molecule has 1 aliphatic rings. The summed E-state index contributed by atoms with van der Waals surface area (Å²) in [5.74, 6) is -1.93. The standard InChI is InChI=1S/C17H16O8/c1-23-7-5-10(19)12-11(6-7)25-17(15(22)14(12)21)8-3-4-9(18)13(20)16(8)24-2/h3-6,15,17-20,22H,1-2H3. The first-order valence-electron chi connectivity index (χ1n) is 7.27. The number of phenolic OH excluding ortho intramolecular Hbond substituents is 3. The summed E-state index contributed by atoms with van der Waals surface area (Å²) in [7, 11) is 2.65. The minimum Gasteiger partial charge on any atom is -0.507 e. The second-order valence-electron chi connectivity index (χ2n) is 5.42. The quantitative estimate of drug-likeness (QED) is 0.615. The van der Waals surface area contributed by atoms with Gasteiger partial charge in [0, 0.05) is 17.7 Å². The lowest BCUT2D eigenvalue weighted by Gasteiger charge is -2.31. The van der Waals surface area contributed by atoms with Crippen LogP contribution >= 0.6 is 0 Å². The molecule has 1 heterocycles. The van der Waals surface area contributed by atoms with Gasteiger partial charge in [0.15, 0.2) is 23.7 Å². The third kappa shape index (κ3) is 2.56. The Kier molecular flexibility index (Phi) is 4.05. The predicted octanol–water partition coefficient (Wildman–Crippen LogP) is 1.50. The molecule has 0 amide bonds. The molecule has 8 nitrogen and oxygen atoms in total. The number of hydrogen-bond donors (Lipinski definition) is 4. The third-order valence-electron chi connectivity index (χ3n) is 4.00. The van der Waals surface area contributed by atoms with Crippen LogP contribution in [-0.4, -0.2) is 46.5 Å². The number of methoxy groups -OCH3 is 2. The van der Waals surface area contributed by atoms with Gasteiger partial charge in [-0.1, -0.05) is 0 Å². The van der Waals surface area contributed by atoms with Crippen LogP contribution in [0.2, 0.25) is 0 Å². The van der Waals surface area contributed by atoms with Crippen molar-refractivity contribution in [3.8, 4) is 34.5 Å². The Labute approximate surface area is 142 Å². The van der Waals surface area contributed by atoms with Gasteiger partial charge in [-0.3, -0.25) is 4.79 Å². The topological polar surface area (TPSA) is 126 Å². The largest absolute Gasteiger partial charge is 0.507 e. The lowest BCUT2D eigenvalue weighted by molar-refractivity contribution is 0.0201. The maximum absolute atomic E-state index is 12.5. The molecule has 3 rings (SSSR count). The van der Waals surface area contributed by atoms with Crippen LogP contribution in [0.5, 0.6) is 34.5 Å². The predicted molar refractivity (Wildman–Crippen MR) is 84.7 cm³/mol. The molecule has 0 saturated carbocycles. The van der Waals surface area contributed by atoms with Crippen molar-refractivity contribution in [3.63, 3.8) is 0 Å². The smallest absolute Gasteiger partial charge is 0.202 e. The molecule has 25 heavy (non-hydrogen) atoms. The molecule has 0 bridgehead atoms. The van der Waals surface area contributed by atoms with E-state index in [1.807, 2.05) is 0 Å². The number of carbonyl (C=O) groups excluding carboxylic acids is 1. The molecule has 8 heteroatoms. The Morgan fingerprint density at radius 3 is 2.40 bits per heavy atom. The first kappa shape index (κ1) is 16.7. The van der Waals surface area contributed by atoms with Gasteiger partial charge >= 0.3 is 0 Å². The Morgan fingerprint density at radius 1 is 1.04 bits per heavy atom. The van der Waals surface area contributed by atoms with Gasteiger partial charge in [0.25, 0.3) is 0 Å². The number of aliphatic hydroxyl groups is 1. The van der Waals surface area contributed by atoms with Crippen LogP contribution in [0.4, 0.5) is 0 Å². The zero-order chi connectivity index (χ0) is 18.3. The van der Waals surface area contributed by atoms with Crippen molar-refractivity contribution >= 4 is 5.78 Å². The monoisotopic (exact) mass is 348 g/mol. The van der Waals surface area contributed by atoms with Crippen LogP contribution in [0, 0.1) is 0 Å². The maximum Gasteiger partial charge on any atom is 0.202 e. The zero-order valence-corrected chi connectivity index (χ0v) is 13.4. The van der Waals surface area contributed by atoms with E-state index in [4.69, 9.17) is 14.2 Å². The summed E-state index contributed by atoms with van der Waals surface area (Å²) in [4.78, 5) is 12.5. The molecule has 4 N–H and O–H groups in total. The van der Waals surface area contributed by atoms with Gasteiger partial charge in [0.2, 0.25) is 11.5 Å². The molecule has 2 aromatic carbocycles. The van der Waals surface area contributed by atoms with E-state index in [0.717, 1.165) is 0 Å². The third-order valence-corrected chi connectivity index (χ3v) is 4.00. The van der Waals surface area contributed by atoms with Crippen LogP contribution in [0.25, 0.3) is 0 Å². The number of carbonyl (C=O) groups is 1. The number of ether oxygens (including phenoxy) is 3. The number of aliphatic hydroxyl groups excluding tert-OH is 1. The van der Waals surface area contributed by atoms with E-state index in [0.29, 0.717) is 0 Å². The highest BCUT2D eigenvalue weighted by Crippen LogP contribution is 2.47. The normalized spacial score (nSPS) is 19.1. The first-order valence-corrected chi connectivity index (χ1v) is 7.27. The van der Waals surface area contributed by atoms with E-state index in [9.17, 15) is 25.2 Å². The molecular weight excluding hydrogens is 332 g/mol. The molecule has 132 valence electrons. The van der Waals surface area contributed by atoms with Crippen molar-refractivity contribution in [1.29, 1.82) is 0 Å². The second kappa shape index (κ2) is 6.06. The number of hydrogen-bond acceptors (Lipinski definition) is 8. The van der Waals surface area contributed by atoms with Crippen molar-refractivity contribution in [3.05, 3.63) is 35.4 Å². The second-order valence-corrected chi connectivity index (χ2v) is 5.42. The summed E-state index contributed by atoms with van der Waals surface area (Å²) in [6, 6.07) is 5.19. The van der Waals surface area contributed by atoms with Crippen LogP contribution in [0.15, 0.2) is 24.3 Å². The molecule has 0 fully saturated rings. The minimum atomic E-state index is -1.65. The summed E-state index contributed by atoms with van der Waals surface area (Å²) in [6.45, 7) is 0. The highest BCUT2D eigenvalue weighted by atomic mass is 16.5.